The first-order valence-corrected chi connectivity index (χ1v) is 12.2. The third-order valence-corrected chi connectivity index (χ3v) is 6.54. The van der Waals surface area contributed by atoms with Crippen LogP contribution in [0.5, 0.6) is 5.75 Å². The molecule has 0 bridgehead atoms. The van der Waals surface area contributed by atoms with E-state index >= 15 is 0 Å². The van der Waals surface area contributed by atoms with Crippen LogP contribution in [0.2, 0.25) is 5.02 Å². The zero-order valence-corrected chi connectivity index (χ0v) is 21.0. The molecule has 0 radical (unpaired) electrons. The topological polar surface area (TPSA) is 69.9 Å². The lowest BCUT2D eigenvalue weighted by Gasteiger charge is -2.26. The monoisotopic (exact) mass is 548 g/mol. The number of fused-ring (bicyclic) bond motifs is 1. The normalized spacial score (nSPS) is 15.7. The largest absolute Gasteiger partial charge is 0.490 e. The highest BCUT2D eigenvalue weighted by atomic mass is 35.5. The molecular weight excluding hydrogens is 529 g/mol. The third-order valence-electron chi connectivity index (χ3n) is 5.30. The van der Waals surface area contributed by atoms with Crippen molar-refractivity contribution in [1.29, 1.82) is 0 Å². The minimum atomic E-state index is -4.97. The molecule has 0 amide bonds. The highest BCUT2D eigenvalue weighted by Gasteiger charge is 2.45. The Bertz CT molecular complexity index is 1560. The molecular formula is C26H20ClF3N2O4S. The number of aromatic nitrogens is 1. The molecule has 3 aromatic rings. The van der Waals surface area contributed by atoms with E-state index in [2.05, 4.69) is 11.6 Å². The van der Waals surface area contributed by atoms with Gasteiger partial charge in [0.25, 0.3) is 5.56 Å². The average molecular weight is 549 g/mol. The van der Waals surface area contributed by atoms with Crippen molar-refractivity contribution >= 4 is 35.0 Å². The van der Waals surface area contributed by atoms with Crippen LogP contribution < -0.4 is 19.6 Å². The molecule has 0 unspecified atom stereocenters. The van der Waals surface area contributed by atoms with Crippen LogP contribution in [0, 0.1) is 0 Å². The molecule has 0 saturated heterocycles. The van der Waals surface area contributed by atoms with Crippen molar-refractivity contribution in [2.24, 2.45) is 4.99 Å². The number of esters is 1. The summed E-state index contributed by atoms with van der Waals surface area (Å²) in [5.41, 5.74) is -1.94. The van der Waals surface area contributed by atoms with Crippen LogP contribution in [0.4, 0.5) is 13.2 Å². The molecule has 1 atom stereocenters. The van der Waals surface area contributed by atoms with Gasteiger partial charge in [0, 0.05) is 5.02 Å². The summed E-state index contributed by atoms with van der Waals surface area (Å²) in [6.07, 6.45) is -1.86. The van der Waals surface area contributed by atoms with Crippen LogP contribution >= 0.6 is 22.9 Å². The molecule has 2 aromatic carbocycles. The molecule has 1 aliphatic heterocycles. The zero-order chi connectivity index (χ0) is 26.7. The second kappa shape index (κ2) is 10.8. The molecule has 11 heteroatoms. The number of halogens is 4. The van der Waals surface area contributed by atoms with Gasteiger partial charge in [0.2, 0.25) is 0 Å². The van der Waals surface area contributed by atoms with Gasteiger partial charge in [0.05, 0.1) is 22.8 Å². The van der Waals surface area contributed by atoms with Crippen LogP contribution in [0.1, 0.15) is 24.1 Å². The van der Waals surface area contributed by atoms with E-state index in [0.717, 1.165) is 15.9 Å². The Kier molecular flexibility index (Phi) is 7.70. The maximum Gasteiger partial charge on any atom is 0.434 e. The summed E-state index contributed by atoms with van der Waals surface area (Å²) < 4.78 is 54.1. The first-order valence-electron chi connectivity index (χ1n) is 11.0. The minimum Gasteiger partial charge on any atom is -0.490 e. The fraction of sp³-hybridized carbons (Fsp3) is 0.192. The van der Waals surface area contributed by atoms with Gasteiger partial charge < -0.3 is 9.47 Å². The summed E-state index contributed by atoms with van der Waals surface area (Å²) in [4.78, 5) is 29.9. The van der Waals surface area contributed by atoms with E-state index in [9.17, 15) is 22.8 Å². The van der Waals surface area contributed by atoms with E-state index in [4.69, 9.17) is 21.1 Å². The van der Waals surface area contributed by atoms with Crippen molar-refractivity contribution in [2.45, 2.75) is 19.1 Å². The smallest absolute Gasteiger partial charge is 0.434 e. The number of hydrogen-bond donors (Lipinski definition) is 0. The highest BCUT2D eigenvalue weighted by molar-refractivity contribution is 7.07. The Hall–Kier alpha value is -3.63. The van der Waals surface area contributed by atoms with E-state index < -0.39 is 35.0 Å². The van der Waals surface area contributed by atoms with Crippen molar-refractivity contribution in [3.05, 3.63) is 108 Å². The summed E-state index contributed by atoms with van der Waals surface area (Å²) in [6, 6.07) is 11.3. The van der Waals surface area contributed by atoms with Crippen molar-refractivity contribution in [3.8, 4) is 5.75 Å². The molecule has 192 valence electrons. The number of rotatable bonds is 7. The van der Waals surface area contributed by atoms with Gasteiger partial charge in [-0.3, -0.25) is 9.36 Å². The summed E-state index contributed by atoms with van der Waals surface area (Å²) in [5, 5.41) is 0.340. The number of ether oxygens (including phenoxy) is 2. The van der Waals surface area contributed by atoms with Crippen LogP contribution in [0.15, 0.2) is 82.2 Å². The van der Waals surface area contributed by atoms with Crippen molar-refractivity contribution < 1.29 is 27.4 Å². The quantitative estimate of drug-likeness (QED) is 0.321. The van der Waals surface area contributed by atoms with Crippen LogP contribution in [0.25, 0.3) is 6.08 Å². The van der Waals surface area contributed by atoms with E-state index in [1.165, 1.54) is 37.3 Å². The van der Waals surface area contributed by atoms with E-state index in [-0.39, 0.29) is 28.1 Å². The van der Waals surface area contributed by atoms with Gasteiger partial charge in [-0.1, -0.05) is 59.9 Å². The van der Waals surface area contributed by atoms with E-state index in [1.54, 1.807) is 30.3 Å². The SMILES string of the molecule is C=CCOc1cccc(/C=c2\sc3n(c2=O)[C@@H](c2ccc(Cl)cc2)C(C(=O)OCC)=C(C(F)(F)F)N=3)c1. The number of nitrogens with zero attached hydrogens (tertiary/aromatic N) is 2. The summed E-state index contributed by atoms with van der Waals surface area (Å²) in [7, 11) is 0. The number of allylic oxidation sites excluding steroid dienone is 1. The first kappa shape index (κ1) is 26.4. The minimum absolute atomic E-state index is 0.130. The van der Waals surface area contributed by atoms with Crippen molar-refractivity contribution in [3.63, 3.8) is 0 Å². The molecule has 37 heavy (non-hydrogen) atoms. The molecule has 0 N–H and O–H groups in total. The Morgan fingerprint density at radius 3 is 2.62 bits per heavy atom. The lowest BCUT2D eigenvalue weighted by Crippen LogP contribution is -2.41. The number of carbonyl (C=O) groups excluding carboxylic acids is 1. The fourth-order valence-electron chi connectivity index (χ4n) is 3.80. The third kappa shape index (κ3) is 5.55. The predicted octanol–water partition coefficient (Wildman–Crippen LogP) is 4.56. The Labute approximate surface area is 218 Å². The van der Waals surface area contributed by atoms with Gasteiger partial charge in [-0.05, 0) is 48.4 Å². The Balaban J connectivity index is 1.98. The number of thiazole rings is 1. The first-order chi connectivity index (χ1) is 17.6. The van der Waals surface area contributed by atoms with E-state index in [0.29, 0.717) is 16.3 Å². The van der Waals surface area contributed by atoms with Crippen LogP contribution in [-0.2, 0) is 9.53 Å². The van der Waals surface area contributed by atoms with Gasteiger partial charge in [-0.15, -0.1) is 0 Å². The molecule has 0 fully saturated rings. The standard InChI is InChI=1S/C26H20ClF3N2O4S/c1-3-12-36-18-7-5-6-15(13-18)14-19-23(33)32-21(16-8-10-17(27)11-9-16)20(24(34)35-4-2)22(26(28,29)30)31-25(32)37-19/h3,5-11,13-14,21H,1,4,12H2,2H3/b19-14-/t21-/m0/s1. The molecule has 0 saturated carbocycles. The number of benzene rings is 2. The molecule has 1 aliphatic rings. The second-order valence-electron chi connectivity index (χ2n) is 7.79. The lowest BCUT2D eigenvalue weighted by atomic mass is 9.95. The van der Waals surface area contributed by atoms with E-state index in [1.807, 2.05) is 0 Å². The zero-order valence-electron chi connectivity index (χ0n) is 19.4. The number of alkyl halides is 3. The maximum atomic E-state index is 14.1. The van der Waals surface area contributed by atoms with Crippen molar-refractivity contribution in [1.82, 2.24) is 4.57 Å². The average Bonchev–Trinajstić information content (AvgIpc) is 3.17. The summed E-state index contributed by atoms with van der Waals surface area (Å²) in [5.74, 6) is -0.677. The number of hydrogen-bond acceptors (Lipinski definition) is 6. The molecule has 2 heterocycles. The number of carbonyl (C=O) groups is 1. The van der Waals surface area contributed by atoms with Crippen molar-refractivity contribution in [2.75, 3.05) is 13.2 Å². The Morgan fingerprint density at radius 1 is 1.24 bits per heavy atom. The highest BCUT2D eigenvalue weighted by Crippen LogP contribution is 2.38. The maximum absolute atomic E-state index is 14.1. The molecule has 0 spiro atoms. The van der Waals surface area contributed by atoms with Gasteiger partial charge in [0.15, 0.2) is 10.5 Å². The summed E-state index contributed by atoms with van der Waals surface area (Å²) >= 11 is 6.77. The predicted molar refractivity (Wildman–Crippen MR) is 134 cm³/mol. The van der Waals surface area contributed by atoms with Crippen LogP contribution in [0.3, 0.4) is 0 Å². The second-order valence-corrected chi connectivity index (χ2v) is 9.23. The molecule has 1 aromatic heterocycles. The summed E-state index contributed by atoms with van der Waals surface area (Å²) in [6.45, 7) is 5.20. The fourth-order valence-corrected chi connectivity index (χ4v) is 4.93. The molecule has 0 aliphatic carbocycles. The van der Waals surface area contributed by atoms with Gasteiger partial charge in [0.1, 0.15) is 12.4 Å². The Morgan fingerprint density at radius 2 is 1.97 bits per heavy atom. The molecule has 6 nitrogen and oxygen atoms in total. The lowest BCUT2D eigenvalue weighted by molar-refractivity contribution is -0.140. The van der Waals surface area contributed by atoms with Crippen LogP contribution in [-0.4, -0.2) is 29.9 Å². The van der Waals surface area contributed by atoms with Gasteiger partial charge >= 0.3 is 12.1 Å². The van der Waals surface area contributed by atoms with Gasteiger partial charge in [-0.25, -0.2) is 9.79 Å². The van der Waals surface area contributed by atoms with Gasteiger partial charge in [-0.2, -0.15) is 13.2 Å². The molecule has 4 rings (SSSR count).